The topological polar surface area (TPSA) is 67.2 Å². The summed E-state index contributed by atoms with van der Waals surface area (Å²) in [6.07, 6.45) is 6.49. The molecule has 0 aromatic carbocycles. The number of aryl methyl sites for hydroxylation is 1. The zero-order valence-corrected chi connectivity index (χ0v) is 13.0. The van der Waals surface area contributed by atoms with Gasteiger partial charge < -0.3 is 10.2 Å². The van der Waals surface area contributed by atoms with Gasteiger partial charge in [0.25, 0.3) is 0 Å². The quantitative estimate of drug-likeness (QED) is 0.888. The smallest absolute Gasteiger partial charge is 0.242 e. The molecule has 2 amide bonds. The highest BCUT2D eigenvalue weighted by molar-refractivity contribution is 5.86. The van der Waals surface area contributed by atoms with Gasteiger partial charge in [-0.2, -0.15) is 5.10 Å². The average molecular weight is 292 g/mol. The Morgan fingerprint density at radius 2 is 2.29 bits per heavy atom. The fourth-order valence-electron chi connectivity index (χ4n) is 2.65. The lowest BCUT2D eigenvalue weighted by atomic mass is 10.1. The third kappa shape index (κ3) is 3.62. The summed E-state index contributed by atoms with van der Waals surface area (Å²) in [5.74, 6) is -0.119. The first-order chi connectivity index (χ1) is 10.0. The minimum absolute atomic E-state index is 0.0157. The summed E-state index contributed by atoms with van der Waals surface area (Å²) < 4.78 is 1.75. The van der Waals surface area contributed by atoms with Crippen LogP contribution in [0.3, 0.4) is 0 Å². The van der Waals surface area contributed by atoms with Crippen molar-refractivity contribution in [1.29, 1.82) is 0 Å². The predicted molar refractivity (Wildman–Crippen MR) is 79.4 cm³/mol. The maximum absolute atomic E-state index is 12.3. The second kappa shape index (κ2) is 6.74. The van der Waals surface area contributed by atoms with Crippen LogP contribution in [-0.4, -0.2) is 39.6 Å². The SMILES string of the molecule is CCC(C)C(=O)NCC(=O)N1CCCC1c1cnn(C)c1. The summed E-state index contributed by atoms with van der Waals surface area (Å²) in [4.78, 5) is 25.9. The molecule has 6 heteroatoms. The van der Waals surface area contributed by atoms with Gasteiger partial charge in [0.1, 0.15) is 0 Å². The lowest BCUT2D eigenvalue weighted by molar-refractivity contribution is -0.134. The molecular formula is C15H24N4O2. The highest BCUT2D eigenvalue weighted by atomic mass is 16.2. The normalized spacial score (nSPS) is 19.6. The van der Waals surface area contributed by atoms with Crippen LogP contribution in [0.1, 0.15) is 44.7 Å². The molecule has 21 heavy (non-hydrogen) atoms. The molecule has 1 aliphatic heterocycles. The number of nitrogens with one attached hydrogen (secondary N) is 1. The molecule has 0 aliphatic carbocycles. The van der Waals surface area contributed by atoms with E-state index in [1.54, 1.807) is 4.68 Å². The minimum Gasteiger partial charge on any atom is -0.347 e. The Morgan fingerprint density at radius 1 is 1.52 bits per heavy atom. The van der Waals surface area contributed by atoms with Gasteiger partial charge in [0.05, 0.1) is 18.8 Å². The maximum atomic E-state index is 12.3. The van der Waals surface area contributed by atoms with E-state index in [-0.39, 0.29) is 30.3 Å². The standard InChI is InChI=1S/C15H24N4O2/c1-4-11(2)15(21)16-9-14(20)19-7-5-6-13(19)12-8-17-18(3)10-12/h8,10-11,13H,4-7,9H2,1-3H3,(H,16,21). The lowest BCUT2D eigenvalue weighted by Crippen LogP contribution is -2.41. The van der Waals surface area contributed by atoms with Crippen LogP contribution in [0.5, 0.6) is 0 Å². The second-order valence-electron chi connectivity index (χ2n) is 5.72. The van der Waals surface area contributed by atoms with Crippen LogP contribution in [0, 0.1) is 5.92 Å². The Balaban J connectivity index is 1.93. The van der Waals surface area contributed by atoms with Crippen molar-refractivity contribution in [2.24, 2.45) is 13.0 Å². The highest BCUT2D eigenvalue weighted by Gasteiger charge is 2.30. The van der Waals surface area contributed by atoms with E-state index in [9.17, 15) is 9.59 Å². The number of rotatable bonds is 5. The zero-order chi connectivity index (χ0) is 15.4. The van der Waals surface area contributed by atoms with Crippen LogP contribution in [0.2, 0.25) is 0 Å². The first-order valence-electron chi connectivity index (χ1n) is 7.58. The van der Waals surface area contributed by atoms with Gasteiger partial charge >= 0.3 is 0 Å². The molecule has 2 atom stereocenters. The van der Waals surface area contributed by atoms with E-state index in [0.717, 1.165) is 31.4 Å². The number of amides is 2. The summed E-state index contributed by atoms with van der Waals surface area (Å²) in [5.41, 5.74) is 1.07. The van der Waals surface area contributed by atoms with Gasteiger partial charge in [-0.15, -0.1) is 0 Å². The van der Waals surface area contributed by atoms with E-state index in [1.165, 1.54) is 0 Å². The molecule has 2 unspecified atom stereocenters. The van der Waals surface area contributed by atoms with Gasteiger partial charge in [-0.25, -0.2) is 0 Å². The van der Waals surface area contributed by atoms with Crippen molar-refractivity contribution < 1.29 is 9.59 Å². The van der Waals surface area contributed by atoms with Gasteiger partial charge in [0.2, 0.25) is 11.8 Å². The minimum atomic E-state index is -0.0528. The number of carbonyl (C=O) groups excluding carboxylic acids is 2. The monoisotopic (exact) mass is 292 g/mol. The first-order valence-corrected chi connectivity index (χ1v) is 7.58. The third-order valence-corrected chi connectivity index (χ3v) is 4.16. The van der Waals surface area contributed by atoms with Crippen molar-refractivity contribution in [1.82, 2.24) is 20.0 Å². The van der Waals surface area contributed by atoms with E-state index in [1.807, 2.05) is 38.2 Å². The molecule has 0 radical (unpaired) electrons. The van der Waals surface area contributed by atoms with Gasteiger partial charge in [0.15, 0.2) is 0 Å². The zero-order valence-electron chi connectivity index (χ0n) is 13.0. The van der Waals surface area contributed by atoms with Crippen LogP contribution in [-0.2, 0) is 16.6 Å². The molecule has 1 saturated heterocycles. The molecule has 2 rings (SSSR count). The molecule has 0 spiro atoms. The van der Waals surface area contributed by atoms with Crippen LogP contribution in [0.15, 0.2) is 12.4 Å². The molecule has 0 bridgehead atoms. The maximum Gasteiger partial charge on any atom is 0.242 e. The number of hydrogen-bond donors (Lipinski definition) is 1. The second-order valence-corrected chi connectivity index (χ2v) is 5.72. The lowest BCUT2D eigenvalue weighted by Gasteiger charge is -2.24. The van der Waals surface area contributed by atoms with Crippen LogP contribution >= 0.6 is 0 Å². The van der Waals surface area contributed by atoms with Gasteiger partial charge in [-0.1, -0.05) is 13.8 Å². The summed E-state index contributed by atoms with van der Waals surface area (Å²) in [7, 11) is 1.87. The van der Waals surface area contributed by atoms with Crippen molar-refractivity contribution in [3.63, 3.8) is 0 Å². The number of aromatic nitrogens is 2. The van der Waals surface area contributed by atoms with Crippen LogP contribution in [0.25, 0.3) is 0 Å². The molecule has 1 N–H and O–H groups in total. The number of likely N-dealkylation sites (tertiary alicyclic amines) is 1. The molecule has 116 valence electrons. The molecule has 1 fully saturated rings. The number of nitrogens with zero attached hydrogens (tertiary/aromatic N) is 3. The molecule has 1 aromatic heterocycles. The van der Waals surface area contributed by atoms with Crippen LogP contribution < -0.4 is 5.32 Å². The molecule has 2 heterocycles. The molecule has 6 nitrogen and oxygen atoms in total. The average Bonchev–Trinajstić information content (AvgIpc) is 3.11. The molecule has 1 aromatic rings. The van der Waals surface area contributed by atoms with E-state index in [0.29, 0.717) is 0 Å². The van der Waals surface area contributed by atoms with Crippen molar-refractivity contribution in [3.05, 3.63) is 18.0 Å². The van der Waals surface area contributed by atoms with Gasteiger partial charge in [0, 0.05) is 31.3 Å². The number of carbonyl (C=O) groups is 2. The fraction of sp³-hybridized carbons (Fsp3) is 0.667. The van der Waals surface area contributed by atoms with E-state index < -0.39 is 0 Å². The van der Waals surface area contributed by atoms with Crippen molar-refractivity contribution in [3.8, 4) is 0 Å². The number of hydrogen-bond acceptors (Lipinski definition) is 3. The van der Waals surface area contributed by atoms with Crippen molar-refractivity contribution in [2.45, 2.75) is 39.2 Å². The van der Waals surface area contributed by atoms with E-state index in [4.69, 9.17) is 0 Å². The van der Waals surface area contributed by atoms with E-state index in [2.05, 4.69) is 10.4 Å². The highest BCUT2D eigenvalue weighted by Crippen LogP contribution is 2.31. The predicted octanol–water partition coefficient (Wildman–Crippen LogP) is 1.25. The largest absolute Gasteiger partial charge is 0.347 e. The van der Waals surface area contributed by atoms with Crippen molar-refractivity contribution in [2.75, 3.05) is 13.1 Å². The van der Waals surface area contributed by atoms with Crippen LogP contribution in [0.4, 0.5) is 0 Å². The fourth-order valence-corrected chi connectivity index (χ4v) is 2.65. The Bertz CT molecular complexity index is 512. The van der Waals surface area contributed by atoms with Gasteiger partial charge in [-0.05, 0) is 19.3 Å². The van der Waals surface area contributed by atoms with Crippen molar-refractivity contribution >= 4 is 11.8 Å². The molecule has 1 aliphatic rings. The Morgan fingerprint density at radius 3 is 2.90 bits per heavy atom. The molecular weight excluding hydrogens is 268 g/mol. The van der Waals surface area contributed by atoms with Gasteiger partial charge in [-0.3, -0.25) is 14.3 Å². The summed E-state index contributed by atoms with van der Waals surface area (Å²) in [6.45, 7) is 4.66. The third-order valence-electron chi connectivity index (χ3n) is 4.16. The first kappa shape index (κ1) is 15.5. The molecule has 0 saturated carbocycles. The Hall–Kier alpha value is -1.85. The summed E-state index contributed by atoms with van der Waals surface area (Å²) >= 11 is 0. The summed E-state index contributed by atoms with van der Waals surface area (Å²) in [5, 5.41) is 6.91. The Kier molecular flexibility index (Phi) is 4.98. The summed E-state index contributed by atoms with van der Waals surface area (Å²) in [6, 6.07) is 0.0895. The Labute approximate surface area is 125 Å². The van der Waals surface area contributed by atoms with E-state index >= 15 is 0 Å².